The largest absolute Gasteiger partial charge is 0.868 e. The second-order valence-electron chi connectivity index (χ2n) is 5.78. The minimum absolute atomic E-state index is 0.0723. The molecule has 7 heteroatoms. The van der Waals surface area contributed by atoms with Gasteiger partial charge in [-0.15, -0.1) is 0 Å². The highest BCUT2D eigenvalue weighted by atomic mass is 19.1. The summed E-state index contributed by atoms with van der Waals surface area (Å²) in [5.41, 5.74) is 0.226. The molecule has 0 saturated carbocycles. The molecule has 0 spiro atoms. The number of halogens is 1. The summed E-state index contributed by atoms with van der Waals surface area (Å²) in [5, 5.41) is 21.5. The van der Waals surface area contributed by atoms with Gasteiger partial charge in [-0.2, -0.15) is 0 Å². The maximum absolute atomic E-state index is 13.3. The summed E-state index contributed by atoms with van der Waals surface area (Å²) in [7, 11) is 0. The molecule has 0 radical (unpaired) electrons. The quantitative estimate of drug-likeness (QED) is 0.903. The number of rotatable bonds is 4. The summed E-state index contributed by atoms with van der Waals surface area (Å²) in [6, 6.07) is 9.52. The van der Waals surface area contributed by atoms with Crippen LogP contribution >= 0.6 is 0 Å². The van der Waals surface area contributed by atoms with Gasteiger partial charge in [0.05, 0.1) is 11.6 Å². The van der Waals surface area contributed by atoms with E-state index in [1.807, 2.05) is 0 Å². The maximum Gasteiger partial charge on any atom is 0.335 e. The Kier molecular flexibility index (Phi) is 4.29. The number of carboxylic acids is 1. The lowest BCUT2D eigenvalue weighted by Gasteiger charge is -2.27. The Morgan fingerprint density at radius 2 is 1.81 bits per heavy atom. The summed E-state index contributed by atoms with van der Waals surface area (Å²) in [4.78, 5) is 36.8. The molecule has 0 saturated heterocycles. The van der Waals surface area contributed by atoms with Crippen molar-refractivity contribution in [2.75, 3.05) is 4.90 Å². The van der Waals surface area contributed by atoms with Crippen LogP contribution in [0.2, 0.25) is 0 Å². The fraction of sp³-hybridized carbons (Fsp3) is 0.105. The highest BCUT2D eigenvalue weighted by Gasteiger charge is 2.39. The van der Waals surface area contributed by atoms with E-state index in [1.54, 1.807) is 0 Å². The zero-order chi connectivity index (χ0) is 19.0. The molecule has 26 heavy (non-hydrogen) atoms. The Labute approximate surface area is 147 Å². The topological polar surface area (TPSA) is 97.7 Å². The summed E-state index contributed by atoms with van der Waals surface area (Å²) >= 11 is 0. The van der Waals surface area contributed by atoms with Crippen molar-refractivity contribution < 1.29 is 29.0 Å². The molecular formula is C19H13FNO5-. The van der Waals surface area contributed by atoms with Crippen LogP contribution in [0, 0.1) is 5.82 Å². The van der Waals surface area contributed by atoms with Gasteiger partial charge in [-0.05, 0) is 48.6 Å². The van der Waals surface area contributed by atoms with Crippen LogP contribution in [0.3, 0.4) is 0 Å². The molecule has 1 aliphatic heterocycles. The molecule has 2 aromatic carbocycles. The lowest BCUT2D eigenvalue weighted by atomic mass is 9.96. The number of hydrogen-bond acceptors (Lipinski definition) is 4. The summed E-state index contributed by atoms with van der Waals surface area (Å²) in [6.07, 6.45) is 0. The Morgan fingerprint density at radius 3 is 2.38 bits per heavy atom. The van der Waals surface area contributed by atoms with Crippen molar-refractivity contribution in [1.82, 2.24) is 0 Å². The molecule has 0 aliphatic carbocycles. The van der Waals surface area contributed by atoms with Gasteiger partial charge in [0.1, 0.15) is 5.82 Å². The highest BCUT2D eigenvalue weighted by molar-refractivity contribution is 6.16. The first-order chi connectivity index (χ1) is 12.3. The monoisotopic (exact) mass is 354 g/mol. The Hall–Kier alpha value is -3.48. The van der Waals surface area contributed by atoms with E-state index in [1.165, 1.54) is 43.3 Å². The van der Waals surface area contributed by atoms with Crippen LogP contribution in [0.5, 0.6) is 0 Å². The minimum Gasteiger partial charge on any atom is -0.868 e. The number of amides is 1. The van der Waals surface area contributed by atoms with Gasteiger partial charge < -0.3 is 10.2 Å². The summed E-state index contributed by atoms with van der Waals surface area (Å²) in [5.74, 6) is -4.17. The molecule has 2 aromatic rings. The van der Waals surface area contributed by atoms with Crippen molar-refractivity contribution in [2.45, 2.75) is 13.0 Å². The van der Waals surface area contributed by atoms with Crippen molar-refractivity contribution in [3.05, 3.63) is 76.8 Å². The lowest BCUT2D eigenvalue weighted by Crippen LogP contribution is -2.32. The molecule has 6 nitrogen and oxygen atoms in total. The Balaban J connectivity index is 2.18. The Bertz CT molecular complexity index is 949. The summed E-state index contributed by atoms with van der Waals surface area (Å²) in [6.45, 7) is 1.17. The van der Waals surface area contributed by atoms with Gasteiger partial charge in [-0.3, -0.25) is 14.5 Å². The molecule has 132 valence electrons. The molecule has 1 heterocycles. The lowest BCUT2D eigenvalue weighted by molar-refractivity contribution is -0.298. The van der Waals surface area contributed by atoms with E-state index >= 15 is 0 Å². The predicted octanol–water partition coefficient (Wildman–Crippen LogP) is 1.82. The van der Waals surface area contributed by atoms with Gasteiger partial charge in [0.2, 0.25) is 5.91 Å². The number of Topliss-reactive ketones (excluding diaryl/α,β-unsaturated/α-hetero) is 1. The van der Waals surface area contributed by atoms with Crippen molar-refractivity contribution in [3.8, 4) is 0 Å². The van der Waals surface area contributed by atoms with Gasteiger partial charge in [-0.1, -0.05) is 18.2 Å². The van der Waals surface area contributed by atoms with Gasteiger partial charge in [-0.25, -0.2) is 9.18 Å². The number of ketones is 1. The zero-order valence-electron chi connectivity index (χ0n) is 13.6. The van der Waals surface area contributed by atoms with Gasteiger partial charge in [0, 0.05) is 11.3 Å². The fourth-order valence-electron chi connectivity index (χ4n) is 2.96. The fourth-order valence-corrected chi connectivity index (χ4v) is 2.96. The van der Waals surface area contributed by atoms with Crippen molar-refractivity contribution in [1.29, 1.82) is 0 Å². The normalized spacial score (nSPS) is 16.9. The standard InChI is InChI=1S/C19H14FNO5/c1-10(22)15-16(11-5-7-13(20)8-6-11)21(18(24)17(15)23)14-4-2-3-12(9-14)19(25)26/h2-9,16,23H,1H3,(H,25,26)/p-1/t16-/m1/s1. The van der Waals surface area contributed by atoms with E-state index in [2.05, 4.69) is 0 Å². The van der Waals surface area contributed by atoms with Gasteiger partial charge in [0.15, 0.2) is 5.78 Å². The van der Waals surface area contributed by atoms with Crippen molar-refractivity contribution in [3.63, 3.8) is 0 Å². The van der Waals surface area contributed by atoms with Gasteiger partial charge >= 0.3 is 5.97 Å². The molecule has 1 amide bonds. The molecule has 0 unspecified atom stereocenters. The molecule has 3 rings (SSSR count). The molecule has 1 N–H and O–H groups in total. The first kappa shape index (κ1) is 17.3. The van der Waals surface area contributed by atoms with E-state index in [-0.39, 0.29) is 16.8 Å². The third-order valence-corrected chi connectivity index (χ3v) is 4.13. The van der Waals surface area contributed by atoms with Crippen LogP contribution in [0.4, 0.5) is 10.1 Å². The summed E-state index contributed by atoms with van der Waals surface area (Å²) < 4.78 is 13.3. The van der Waals surface area contributed by atoms with Crippen LogP contribution in [0.25, 0.3) is 0 Å². The molecule has 1 aliphatic rings. The molecule has 1 atom stereocenters. The third-order valence-electron chi connectivity index (χ3n) is 4.13. The van der Waals surface area contributed by atoms with E-state index in [9.17, 15) is 23.9 Å². The van der Waals surface area contributed by atoms with Gasteiger partial charge in [0.25, 0.3) is 0 Å². The van der Waals surface area contributed by atoms with Crippen LogP contribution in [-0.2, 0) is 9.59 Å². The second-order valence-corrected chi connectivity index (χ2v) is 5.78. The van der Waals surface area contributed by atoms with Crippen LogP contribution in [0.1, 0.15) is 28.9 Å². The SMILES string of the molecule is CC(=O)C1=C([O-])C(=O)N(c2cccc(C(=O)O)c2)[C@@H]1c1ccc(F)cc1. The van der Waals surface area contributed by atoms with Crippen LogP contribution in [-0.4, -0.2) is 22.8 Å². The number of benzene rings is 2. The number of hydrogen-bond donors (Lipinski definition) is 1. The number of anilines is 1. The van der Waals surface area contributed by atoms with Crippen molar-refractivity contribution >= 4 is 23.3 Å². The predicted molar refractivity (Wildman–Crippen MR) is 87.7 cm³/mol. The second kappa shape index (κ2) is 6.44. The molecule has 0 fully saturated rings. The zero-order valence-corrected chi connectivity index (χ0v) is 13.6. The van der Waals surface area contributed by atoms with Crippen LogP contribution < -0.4 is 10.0 Å². The highest BCUT2D eigenvalue weighted by Crippen LogP contribution is 2.40. The molecule has 0 bridgehead atoms. The smallest absolute Gasteiger partial charge is 0.335 e. The van der Waals surface area contributed by atoms with E-state index in [0.29, 0.717) is 5.56 Å². The number of carboxylic acid groups (broad SMARTS) is 1. The number of aromatic carboxylic acids is 1. The average molecular weight is 354 g/mol. The average Bonchev–Trinajstić information content (AvgIpc) is 2.87. The van der Waals surface area contributed by atoms with E-state index in [0.717, 1.165) is 17.0 Å². The number of carbonyl (C=O) groups is 3. The molecular weight excluding hydrogens is 341 g/mol. The first-order valence-electron chi connectivity index (χ1n) is 7.65. The Morgan fingerprint density at radius 1 is 1.15 bits per heavy atom. The first-order valence-corrected chi connectivity index (χ1v) is 7.65. The molecule has 0 aromatic heterocycles. The van der Waals surface area contributed by atoms with Crippen LogP contribution in [0.15, 0.2) is 59.9 Å². The van der Waals surface area contributed by atoms with E-state index < -0.39 is 35.3 Å². The minimum atomic E-state index is -1.20. The van der Waals surface area contributed by atoms with Crippen molar-refractivity contribution in [2.24, 2.45) is 0 Å². The maximum atomic E-state index is 13.3. The number of carbonyl (C=O) groups excluding carboxylic acids is 2. The van der Waals surface area contributed by atoms with E-state index in [4.69, 9.17) is 5.11 Å². The third kappa shape index (κ3) is 2.83. The number of nitrogens with zero attached hydrogens (tertiary/aromatic N) is 1.